The van der Waals surface area contributed by atoms with Gasteiger partial charge in [0.05, 0.1) is 31.1 Å². The zero-order valence-corrected chi connectivity index (χ0v) is 23.9. The van der Waals surface area contributed by atoms with E-state index in [1.54, 1.807) is 7.11 Å². The summed E-state index contributed by atoms with van der Waals surface area (Å²) in [6.07, 6.45) is 3.83. The summed E-state index contributed by atoms with van der Waals surface area (Å²) in [5.74, 6) is 1.69. The van der Waals surface area contributed by atoms with Crippen LogP contribution >= 0.6 is 15.9 Å². The van der Waals surface area contributed by atoms with E-state index in [1.807, 2.05) is 77.8 Å². The molecular weight excluding hydrogens is 562 g/mol. The molecule has 0 fully saturated rings. The summed E-state index contributed by atoms with van der Waals surface area (Å²) in [5, 5.41) is 0. The van der Waals surface area contributed by atoms with E-state index in [2.05, 4.69) is 56.9 Å². The highest BCUT2D eigenvalue weighted by Gasteiger charge is 2.29. The first-order valence-electron chi connectivity index (χ1n) is 13.5. The van der Waals surface area contributed by atoms with Gasteiger partial charge in [-0.05, 0) is 69.7 Å². The number of ether oxygens (including phenoxy) is 1. The number of fused-ring (bicyclic) bond motifs is 1. The van der Waals surface area contributed by atoms with Gasteiger partial charge in [0.15, 0.2) is 0 Å². The van der Waals surface area contributed by atoms with Crippen molar-refractivity contribution in [1.29, 1.82) is 0 Å². The van der Waals surface area contributed by atoms with Gasteiger partial charge in [-0.2, -0.15) is 0 Å². The molecule has 1 aliphatic rings. The summed E-state index contributed by atoms with van der Waals surface area (Å²) in [6.45, 7) is 0.889. The van der Waals surface area contributed by atoms with Crippen molar-refractivity contribution in [1.82, 2.24) is 14.5 Å². The number of amides is 1. The lowest BCUT2D eigenvalue weighted by Gasteiger charge is -2.26. The number of aromatic nitrogens is 2. The number of hydrogen-bond donors (Lipinski definition) is 0. The molecule has 6 rings (SSSR count). The van der Waals surface area contributed by atoms with Crippen molar-refractivity contribution in [3.63, 3.8) is 0 Å². The minimum atomic E-state index is -0.0352. The number of halogens is 1. The van der Waals surface area contributed by atoms with Crippen LogP contribution in [0.25, 0.3) is 11.4 Å². The highest BCUT2D eigenvalue weighted by atomic mass is 79.9. The Hall–Kier alpha value is -4.16. The monoisotopic (exact) mass is 591 g/mol. The topological polar surface area (TPSA) is 47.4 Å². The van der Waals surface area contributed by atoms with E-state index in [1.165, 1.54) is 11.1 Å². The molecule has 0 aliphatic heterocycles. The Bertz CT molecular complexity index is 1600. The third-order valence-electron chi connectivity index (χ3n) is 7.58. The van der Waals surface area contributed by atoms with Crippen LogP contribution in [0, 0.1) is 0 Å². The van der Waals surface area contributed by atoms with E-state index < -0.39 is 0 Å². The van der Waals surface area contributed by atoms with Gasteiger partial charge in [0.1, 0.15) is 11.6 Å². The molecule has 1 aromatic heterocycles. The van der Waals surface area contributed by atoms with Crippen molar-refractivity contribution in [2.24, 2.45) is 0 Å². The zero-order valence-electron chi connectivity index (χ0n) is 22.3. The average Bonchev–Trinajstić information content (AvgIpc) is 3.61. The summed E-state index contributed by atoms with van der Waals surface area (Å²) in [6, 6.07) is 34.7. The normalized spacial score (nSPS) is 12.8. The van der Waals surface area contributed by atoms with E-state index in [9.17, 15) is 4.79 Å². The summed E-state index contributed by atoms with van der Waals surface area (Å²) < 4.78 is 8.49. The predicted molar refractivity (Wildman–Crippen MR) is 161 cm³/mol. The molecule has 0 radical (unpaired) electrons. The second-order valence-corrected chi connectivity index (χ2v) is 11.0. The molecule has 0 saturated carbocycles. The number of rotatable bonds is 8. The minimum Gasteiger partial charge on any atom is -0.497 e. The molecule has 0 atom stereocenters. The molecule has 0 unspecified atom stereocenters. The van der Waals surface area contributed by atoms with Crippen LogP contribution in [0.1, 0.15) is 38.8 Å². The lowest BCUT2D eigenvalue weighted by Crippen LogP contribution is -2.32. The van der Waals surface area contributed by atoms with Gasteiger partial charge in [-0.1, -0.05) is 78.9 Å². The summed E-state index contributed by atoms with van der Waals surface area (Å²) in [5.41, 5.74) is 6.52. The SMILES string of the molecule is COc1ccc(CN(Cc2cnc(-c3ccccc3)n2C2Cc3ccccc3C2)C(=O)c2ccccc2Br)cc1. The van der Waals surface area contributed by atoms with E-state index >= 15 is 0 Å². The zero-order chi connectivity index (χ0) is 27.5. The standard InChI is InChI=1S/C34H30BrN3O2/c1-40-30-17-15-24(16-18-30)22-37(34(39)31-13-7-8-14-32(31)35)23-29-21-36-33(25-9-3-2-4-10-25)38(29)28-19-26-11-5-6-12-27(26)20-28/h2-18,21,28H,19-20,22-23H2,1H3. The van der Waals surface area contributed by atoms with Crippen molar-refractivity contribution in [2.75, 3.05) is 7.11 Å². The van der Waals surface area contributed by atoms with Gasteiger partial charge in [0.2, 0.25) is 0 Å². The third-order valence-corrected chi connectivity index (χ3v) is 8.27. The van der Waals surface area contributed by atoms with Crippen molar-refractivity contribution < 1.29 is 9.53 Å². The molecule has 6 heteroatoms. The Labute approximate surface area is 243 Å². The first-order valence-corrected chi connectivity index (χ1v) is 14.2. The van der Waals surface area contributed by atoms with Gasteiger partial charge < -0.3 is 14.2 Å². The summed E-state index contributed by atoms with van der Waals surface area (Å²) in [7, 11) is 1.66. The molecule has 0 saturated heterocycles. The summed E-state index contributed by atoms with van der Waals surface area (Å²) in [4.78, 5) is 20.9. The average molecular weight is 593 g/mol. The molecule has 1 amide bonds. The van der Waals surface area contributed by atoms with Crippen LogP contribution in [0.4, 0.5) is 0 Å². The molecule has 200 valence electrons. The maximum Gasteiger partial charge on any atom is 0.255 e. The molecule has 0 N–H and O–H groups in total. The fourth-order valence-corrected chi connectivity index (χ4v) is 6.05. The van der Waals surface area contributed by atoms with Gasteiger partial charge in [-0.15, -0.1) is 0 Å². The predicted octanol–water partition coefficient (Wildman–Crippen LogP) is 7.50. The molecular formula is C34H30BrN3O2. The molecule has 5 aromatic rings. The van der Waals surface area contributed by atoms with Crippen LogP contribution < -0.4 is 4.74 Å². The Kier molecular flexibility index (Phi) is 7.51. The van der Waals surface area contributed by atoms with Crippen LogP contribution in [-0.2, 0) is 25.9 Å². The minimum absolute atomic E-state index is 0.0352. The van der Waals surface area contributed by atoms with E-state index in [0.717, 1.165) is 45.7 Å². The van der Waals surface area contributed by atoms with Crippen LogP contribution in [0.15, 0.2) is 114 Å². The van der Waals surface area contributed by atoms with Gasteiger partial charge >= 0.3 is 0 Å². The van der Waals surface area contributed by atoms with E-state index in [4.69, 9.17) is 9.72 Å². The number of benzene rings is 4. The third kappa shape index (κ3) is 5.32. The van der Waals surface area contributed by atoms with Crippen LogP contribution in [0.3, 0.4) is 0 Å². The second-order valence-electron chi connectivity index (χ2n) is 10.1. The molecule has 1 heterocycles. The Morgan fingerprint density at radius 1 is 0.875 bits per heavy atom. The molecule has 5 nitrogen and oxygen atoms in total. The fourth-order valence-electron chi connectivity index (χ4n) is 5.59. The van der Waals surface area contributed by atoms with Crippen molar-refractivity contribution >= 4 is 21.8 Å². The Morgan fingerprint density at radius 3 is 2.20 bits per heavy atom. The highest BCUT2D eigenvalue weighted by Crippen LogP contribution is 2.35. The number of nitrogens with zero attached hydrogens (tertiary/aromatic N) is 3. The summed E-state index contributed by atoms with van der Waals surface area (Å²) >= 11 is 3.59. The Balaban J connectivity index is 1.40. The molecule has 0 bridgehead atoms. The van der Waals surface area contributed by atoms with Crippen LogP contribution in [0.2, 0.25) is 0 Å². The molecule has 1 aliphatic carbocycles. The fraction of sp³-hybridized carbons (Fsp3) is 0.176. The van der Waals surface area contributed by atoms with Crippen LogP contribution in [-0.4, -0.2) is 27.5 Å². The maximum absolute atomic E-state index is 14.0. The lowest BCUT2D eigenvalue weighted by atomic mass is 10.1. The van der Waals surface area contributed by atoms with Gasteiger partial charge in [0.25, 0.3) is 5.91 Å². The smallest absolute Gasteiger partial charge is 0.255 e. The number of methoxy groups -OCH3 is 1. The first-order chi connectivity index (χ1) is 19.6. The van der Waals surface area contributed by atoms with Crippen molar-refractivity contribution in [3.8, 4) is 17.1 Å². The van der Waals surface area contributed by atoms with Gasteiger partial charge in [0, 0.05) is 22.6 Å². The van der Waals surface area contributed by atoms with E-state index in [-0.39, 0.29) is 11.9 Å². The number of hydrogen-bond acceptors (Lipinski definition) is 3. The highest BCUT2D eigenvalue weighted by molar-refractivity contribution is 9.10. The van der Waals surface area contributed by atoms with Gasteiger partial charge in [-0.25, -0.2) is 4.98 Å². The number of carbonyl (C=O) groups excluding carboxylic acids is 1. The van der Waals surface area contributed by atoms with Gasteiger partial charge in [-0.3, -0.25) is 4.79 Å². The maximum atomic E-state index is 14.0. The quantitative estimate of drug-likeness (QED) is 0.188. The number of imidazole rings is 1. The molecule has 0 spiro atoms. The number of carbonyl (C=O) groups is 1. The van der Waals surface area contributed by atoms with Crippen LogP contribution in [0.5, 0.6) is 5.75 Å². The molecule has 40 heavy (non-hydrogen) atoms. The molecule has 4 aromatic carbocycles. The first kappa shape index (κ1) is 26.1. The largest absolute Gasteiger partial charge is 0.497 e. The van der Waals surface area contributed by atoms with Crippen molar-refractivity contribution in [2.45, 2.75) is 32.0 Å². The Morgan fingerprint density at radius 2 is 1.52 bits per heavy atom. The van der Waals surface area contributed by atoms with E-state index in [0.29, 0.717) is 18.7 Å². The lowest BCUT2D eigenvalue weighted by molar-refractivity contribution is 0.0724. The van der Waals surface area contributed by atoms with Crippen molar-refractivity contribution in [3.05, 3.63) is 142 Å². The second kappa shape index (κ2) is 11.5.